The molecule has 2 rings (SSSR count). The molecular weight excluding hydrogens is 310 g/mol. The zero-order chi connectivity index (χ0) is 16.7. The summed E-state index contributed by atoms with van der Waals surface area (Å²) in [5, 5.41) is 7.75. The van der Waals surface area contributed by atoms with Crippen LogP contribution in [0.2, 0.25) is 5.15 Å². The molecule has 0 saturated heterocycles. The summed E-state index contributed by atoms with van der Waals surface area (Å²) in [5.74, 6) is -0.136. The van der Waals surface area contributed by atoms with Crippen molar-refractivity contribution in [3.63, 3.8) is 0 Å². The lowest BCUT2D eigenvalue weighted by Gasteiger charge is -2.06. The number of unbranched alkanes of at least 4 members (excludes halogenated alkanes) is 3. The van der Waals surface area contributed by atoms with Crippen molar-refractivity contribution in [1.29, 1.82) is 0 Å². The monoisotopic (exact) mass is 333 g/mol. The predicted molar refractivity (Wildman–Crippen MR) is 94.0 cm³/mol. The third-order valence-corrected chi connectivity index (χ3v) is 4.17. The van der Waals surface area contributed by atoms with E-state index in [1.165, 1.54) is 12.8 Å². The van der Waals surface area contributed by atoms with E-state index in [4.69, 9.17) is 11.6 Å². The van der Waals surface area contributed by atoms with Gasteiger partial charge in [-0.1, -0.05) is 68.1 Å². The van der Waals surface area contributed by atoms with Crippen molar-refractivity contribution >= 4 is 17.5 Å². The number of amides is 1. The van der Waals surface area contributed by atoms with Crippen LogP contribution < -0.4 is 5.32 Å². The lowest BCUT2D eigenvalue weighted by Crippen LogP contribution is -2.25. The summed E-state index contributed by atoms with van der Waals surface area (Å²) in [6, 6.07) is 9.95. The molecule has 1 aromatic heterocycles. The summed E-state index contributed by atoms with van der Waals surface area (Å²) in [6.07, 6.45) is 4.51. The summed E-state index contributed by atoms with van der Waals surface area (Å²) >= 11 is 6.38. The highest BCUT2D eigenvalue weighted by Crippen LogP contribution is 2.20. The average Bonchev–Trinajstić information content (AvgIpc) is 2.82. The number of nitrogens with one attached hydrogen (secondary N) is 1. The Morgan fingerprint density at radius 3 is 2.65 bits per heavy atom. The number of carbonyl (C=O) groups is 1. The molecular formula is C18H24ClN3O. The zero-order valence-corrected chi connectivity index (χ0v) is 14.6. The Bertz CT molecular complexity index is 637. The molecule has 1 heterocycles. The lowest BCUT2D eigenvalue weighted by atomic mass is 10.2. The highest BCUT2D eigenvalue weighted by molar-refractivity contribution is 6.33. The van der Waals surface area contributed by atoms with E-state index in [1.54, 1.807) is 4.68 Å². The van der Waals surface area contributed by atoms with E-state index < -0.39 is 0 Å². The van der Waals surface area contributed by atoms with Crippen molar-refractivity contribution in [2.45, 2.75) is 46.1 Å². The Kier molecular flexibility index (Phi) is 6.66. The highest BCUT2D eigenvalue weighted by Gasteiger charge is 2.19. The number of halogens is 1. The first-order valence-corrected chi connectivity index (χ1v) is 8.56. The normalized spacial score (nSPS) is 10.7. The first-order chi connectivity index (χ1) is 11.1. The molecule has 0 saturated carbocycles. The number of aryl methyl sites for hydroxylation is 1. The van der Waals surface area contributed by atoms with E-state index >= 15 is 0 Å². The molecule has 0 atom stereocenters. The molecule has 124 valence electrons. The minimum atomic E-state index is -0.136. The molecule has 2 aromatic rings. The molecule has 0 spiro atoms. The molecule has 1 aromatic carbocycles. The van der Waals surface area contributed by atoms with Gasteiger partial charge in [0.25, 0.3) is 5.91 Å². The van der Waals surface area contributed by atoms with Crippen LogP contribution in [0.15, 0.2) is 30.3 Å². The Labute approximate surface area is 142 Å². The maximum absolute atomic E-state index is 12.3. The van der Waals surface area contributed by atoms with Crippen molar-refractivity contribution in [3.05, 3.63) is 52.3 Å². The van der Waals surface area contributed by atoms with Crippen molar-refractivity contribution in [2.24, 2.45) is 0 Å². The third-order valence-electron chi connectivity index (χ3n) is 3.78. The van der Waals surface area contributed by atoms with Crippen LogP contribution in [0.4, 0.5) is 0 Å². The fourth-order valence-corrected chi connectivity index (χ4v) is 2.83. The Hall–Kier alpha value is -1.81. The van der Waals surface area contributed by atoms with Crippen molar-refractivity contribution in [3.8, 4) is 0 Å². The summed E-state index contributed by atoms with van der Waals surface area (Å²) in [5.41, 5.74) is 2.25. The smallest absolute Gasteiger partial charge is 0.256 e. The largest absolute Gasteiger partial charge is 0.352 e. The minimum Gasteiger partial charge on any atom is -0.352 e. The standard InChI is InChI=1S/C18H24ClN3O/c1-3-4-5-9-12-20-18(23)16-14(2)21-22(17(16)19)13-15-10-7-6-8-11-15/h6-8,10-11H,3-5,9,12-13H2,1-2H3,(H,20,23). The van der Waals surface area contributed by atoms with Gasteiger partial charge in [-0.05, 0) is 18.9 Å². The topological polar surface area (TPSA) is 46.9 Å². The summed E-state index contributed by atoms with van der Waals surface area (Å²) in [6.45, 7) is 5.23. The molecule has 23 heavy (non-hydrogen) atoms. The van der Waals surface area contributed by atoms with Gasteiger partial charge in [-0.3, -0.25) is 4.79 Å². The van der Waals surface area contributed by atoms with Crippen molar-refractivity contribution in [2.75, 3.05) is 6.54 Å². The molecule has 4 nitrogen and oxygen atoms in total. The van der Waals surface area contributed by atoms with Gasteiger partial charge in [0, 0.05) is 6.54 Å². The van der Waals surface area contributed by atoms with Gasteiger partial charge in [0.1, 0.15) is 5.15 Å². The molecule has 0 unspecified atom stereocenters. The van der Waals surface area contributed by atoms with E-state index in [2.05, 4.69) is 17.3 Å². The molecule has 1 N–H and O–H groups in total. The van der Waals surface area contributed by atoms with E-state index in [9.17, 15) is 4.79 Å². The van der Waals surface area contributed by atoms with Gasteiger partial charge in [-0.15, -0.1) is 0 Å². The molecule has 0 aliphatic heterocycles. The van der Waals surface area contributed by atoms with Crippen LogP contribution in [0.25, 0.3) is 0 Å². The van der Waals surface area contributed by atoms with E-state index in [0.717, 1.165) is 18.4 Å². The minimum absolute atomic E-state index is 0.136. The van der Waals surface area contributed by atoms with Gasteiger partial charge >= 0.3 is 0 Å². The fraction of sp³-hybridized carbons (Fsp3) is 0.444. The first-order valence-electron chi connectivity index (χ1n) is 8.18. The second kappa shape index (κ2) is 8.73. The average molecular weight is 334 g/mol. The quantitative estimate of drug-likeness (QED) is 0.736. The molecule has 0 bridgehead atoms. The lowest BCUT2D eigenvalue weighted by molar-refractivity contribution is 0.0952. The van der Waals surface area contributed by atoms with Gasteiger partial charge < -0.3 is 5.32 Å². The molecule has 0 aliphatic rings. The van der Waals surface area contributed by atoms with Crippen LogP contribution in [-0.4, -0.2) is 22.2 Å². The number of hydrogen-bond donors (Lipinski definition) is 1. The number of nitrogens with zero attached hydrogens (tertiary/aromatic N) is 2. The summed E-state index contributed by atoms with van der Waals surface area (Å²) in [4.78, 5) is 12.3. The van der Waals surface area contributed by atoms with E-state index in [1.807, 2.05) is 37.3 Å². The fourth-order valence-electron chi connectivity index (χ4n) is 2.51. The van der Waals surface area contributed by atoms with Crippen LogP contribution in [0.1, 0.15) is 54.2 Å². The van der Waals surface area contributed by atoms with Gasteiger partial charge in [0.15, 0.2) is 0 Å². The second-order valence-corrected chi connectivity index (χ2v) is 6.07. The number of rotatable bonds is 8. The maximum atomic E-state index is 12.3. The van der Waals surface area contributed by atoms with Crippen molar-refractivity contribution in [1.82, 2.24) is 15.1 Å². The van der Waals surface area contributed by atoms with Gasteiger partial charge in [0.05, 0.1) is 17.8 Å². The highest BCUT2D eigenvalue weighted by atomic mass is 35.5. The number of aromatic nitrogens is 2. The molecule has 0 radical (unpaired) electrons. The van der Waals surface area contributed by atoms with Gasteiger partial charge in [-0.25, -0.2) is 4.68 Å². The molecule has 1 amide bonds. The predicted octanol–water partition coefficient (Wildman–Crippen LogP) is 4.20. The number of carbonyl (C=O) groups excluding carboxylic acids is 1. The number of hydrogen-bond acceptors (Lipinski definition) is 2. The van der Waals surface area contributed by atoms with Crippen molar-refractivity contribution < 1.29 is 4.79 Å². The van der Waals surface area contributed by atoms with Crippen LogP contribution in [-0.2, 0) is 6.54 Å². The molecule has 0 fully saturated rings. The van der Waals surface area contributed by atoms with Gasteiger partial charge in [0.2, 0.25) is 0 Å². The summed E-state index contributed by atoms with van der Waals surface area (Å²) < 4.78 is 1.68. The second-order valence-electron chi connectivity index (χ2n) is 5.71. The third kappa shape index (κ3) is 4.83. The Morgan fingerprint density at radius 2 is 1.96 bits per heavy atom. The van der Waals surface area contributed by atoms with E-state index in [-0.39, 0.29) is 5.91 Å². The van der Waals surface area contributed by atoms with E-state index in [0.29, 0.717) is 29.5 Å². The van der Waals surface area contributed by atoms with Crippen LogP contribution in [0.3, 0.4) is 0 Å². The molecule has 5 heteroatoms. The first kappa shape index (κ1) is 17.5. The van der Waals surface area contributed by atoms with Gasteiger partial charge in [-0.2, -0.15) is 5.10 Å². The van der Waals surface area contributed by atoms with Crippen LogP contribution in [0.5, 0.6) is 0 Å². The Balaban J connectivity index is 2.01. The zero-order valence-electron chi connectivity index (χ0n) is 13.8. The SMILES string of the molecule is CCCCCCNC(=O)c1c(C)nn(Cc2ccccc2)c1Cl. The van der Waals surface area contributed by atoms with Crippen LogP contribution >= 0.6 is 11.6 Å². The van der Waals surface area contributed by atoms with Crippen LogP contribution in [0, 0.1) is 6.92 Å². The Morgan fingerprint density at radius 1 is 1.22 bits per heavy atom. The summed E-state index contributed by atoms with van der Waals surface area (Å²) in [7, 11) is 0. The number of benzene rings is 1. The molecule has 0 aliphatic carbocycles. The maximum Gasteiger partial charge on any atom is 0.256 e.